The molecule has 0 unspecified atom stereocenters. The fourth-order valence-corrected chi connectivity index (χ4v) is 2.09. The predicted molar refractivity (Wildman–Crippen MR) is 94.9 cm³/mol. The molecule has 7 heteroatoms. The maximum atomic E-state index is 12.1. The molecule has 0 aliphatic rings. The van der Waals surface area contributed by atoms with E-state index < -0.39 is 6.04 Å². The van der Waals surface area contributed by atoms with Gasteiger partial charge in [-0.1, -0.05) is 17.7 Å². The summed E-state index contributed by atoms with van der Waals surface area (Å²) in [7, 11) is 0. The van der Waals surface area contributed by atoms with Crippen molar-refractivity contribution in [1.82, 2.24) is 21.5 Å². The van der Waals surface area contributed by atoms with E-state index in [4.69, 9.17) is 12.2 Å². The summed E-state index contributed by atoms with van der Waals surface area (Å²) in [6.07, 6.45) is 0. The largest absolute Gasteiger partial charge is 0.357 e. The second-order valence-corrected chi connectivity index (χ2v) is 6.79. The van der Waals surface area contributed by atoms with Crippen LogP contribution >= 0.6 is 12.2 Å². The highest BCUT2D eigenvalue weighted by molar-refractivity contribution is 7.80. The summed E-state index contributed by atoms with van der Waals surface area (Å²) in [5.41, 5.74) is 6.37. The summed E-state index contributed by atoms with van der Waals surface area (Å²) < 4.78 is 0. The van der Waals surface area contributed by atoms with Gasteiger partial charge in [0.1, 0.15) is 6.04 Å². The number of amides is 2. The molecule has 1 rings (SSSR count). The van der Waals surface area contributed by atoms with E-state index in [1.54, 1.807) is 25.1 Å². The predicted octanol–water partition coefficient (Wildman–Crippen LogP) is 1.41. The van der Waals surface area contributed by atoms with Crippen LogP contribution in [0.4, 0.5) is 0 Å². The molecule has 0 aliphatic carbocycles. The number of hydrazine groups is 1. The monoisotopic (exact) mass is 336 g/mol. The highest BCUT2D eigenvalue weighted by Crippen LogP contribution is 2.04. The lowest BCUT2D eigenvalue weighted by Gasteiger charge is -2.23. The smallest absolute Gasteiger partial charge is 0.260 e. The first-order valence-electron chi connectivity index (χ1n) is 7.34. The second kappa shape index (κ2) is 7.92. The summed E-state index contributed by atoms with van der Waals surface area (Å²) in [5, 5.41) is 5.95. The normalized spacial score (nSPS) is 12.0. The number of carbonyl (C=O) groups is 2. The van der Waals surface area contributed by atoms with Crippen LogP contribution < -0.4 is 21.5 Å². The Morgan fingerprint density at radius 3 is 2.39 bits per heavy atom. The van der Waals surface area contributed by atoms with Crippen LogP contribution in [0.2, 0.25) is 0 Å². The molecule has 1 aromatic rings. The number of rotatable bonds is 3. The lowest BCUT2D eigenvalue weighted by Crippen LogP contribution is -2.55. The Hall–Kier alpha value is -2.15. The van der Waals surface area contributed by atoms with Gasteiger partial charge in [0.2, 0.25) is 0 Å². The van der Waals surface area contributed by atoms with Gasteiger partial charge >= 0.3 is 0 Å². The van der Waals surface area contributed by atoms with Gasteiger partial charge in [-0.2, -0.15) is 0 Å². The van der Waals surface area contributed by atoms with E-state index in [-0.39, 0.29) is 17.4 Å². The molecule has 0 saturated heterocycles. The summed E-state index contributed by atoms with van der Waals surface area (Å²) >= 11 is 5.06. The number of nitrogens with one attached hydrogen (secondary N) is 4. The Balaban J connectivity index is 2.48. The van der Waals surface area contributed by atoms with Crippen molar-refractivity contribution in [2.75, 3.05) is 0 Å². The summed E-state index contributed by atoms with van der Waals surface area (Å²) in [4.78, 5) is 24.1. The van der Waals surface area contributed by atoms with Crippen LogP contribution in [0.5, 0.6) is 0 Å². The molecule has 1 aromatic carbocycles. The Morgan fingerprint density at radius 1 is 1.17 bits per heavy atom. The first-order valence-corrected chi connectivity index (χ1v) is 7.75. The van der Waals surface area contributed by atoms with Crippen LogP contribution in [0.1, 0.15) is 43.6 Å². The number of thiocarbonyl (C=S) groups is 1. The molecular formula is C16H24N4O2S. The fraction of sp³-hybridized carbons (Fsp3) is 0.438. The van der Waals surface area contributed by atoms with Gasteiger partial charge in [0.15, 0.2) is 5.11 Å². The Labute approximate surface area is 142 Å². The minimum absolute atomic E-state index is 0.209. The Bertz CT molecular complexity index is 596. The molecule has 0 spiro atoms. The molecule has 1 atom stereocenters. The molecule has 0 bridgehead atoms. The minimum atomic E-state index is -0.701. The summed E-state index contributed by atoms with van der Waals surface area (Å²) in [6, 6.07) is 6.47. The van der Waals surface area contributed by atoms with E-state index >= 15 is 0 Å². The van der Waals surface area contributed by atoms with Crippen LogP contribution in [-0.4, -0.2) is 28.5 Å². The van der Waals surface area contributed by atoms with Crippen molar-refractivity contribution in [2.45, 2.75) is 46.2 Å². The van der Waals surface area contributed by atoms with Crippen molar-refractivity contribution in [2.24, 2.45) is 0 Å². The number of carbonyl (C=O) groups excluding carboxylic acids is 2. The highest BCUT2D eigenvalue weighted by Gasteiger charge is 2.17. The maximum absolute atomic E-state index is 12.1. The fourth-order valence-electron chi connectivity index (χ4n) is 1.73. The van der Waals surface area contributed by atoms with Crippen molar-refractivity contribution >= 4 is 29.1 Å². The topological polar surface area (TPSA) is 82.3 Å². The van der Waals surface area contributed by atoms with E-state index in [0.717, 1.165) is 5.56 Å². The third-order valence-electron chi connectivity index (χ3n) is 2.81. The SMILES string of the molecule is Cc1cccc(C(=O)N[C@@H](C)C(=O)NNC(=S)NC(C)(C)C)c1. The standard InChI is InChI=1S/C16H24N4O2S/c1-10-7-6-8-12(9-10)14(22)17-11(2)13(21)19-20-15(23)18-16(3,4)5/h6-9,11H,1-5H3,(H,17,22)(H,19,21)(H2,18,20,23)/t11-/m0/s1. The van der Waals surface area contributed by atoms with Gasteiger partial charge in [-0.15, -0.1) is 0 Å². The first-order chi connectivity index (χ1) is 10.6. The van der Waals surface area contributed by atoms with Crippen molar-refractivity contribution in [1.29, 1.82) is 0 Å². The van der Waals surface area contributed by atoms with Gasteiger partial charge in [-0.25, -0.2) is 0 Å². The van der Waals surface area contributed by atoms with E-state index in [9.17, 15) is 9.59 Å². The van der Waals surface area contributed by atoms with Crippen molar-refractivity contribution < 1.29 is 9.59 Å². The van der Waals surface area contributed by atoms with Crippen LogP contribution in [0.15, 0.2) is 24.3 Å². The molecule has 0 aliphatic heterocycles. The Kier molecular flexibility index (Phi) is 6.50. The van der Waals surface area contributed by atoms with Crippen LogP contribution in [0.25, 0.3) is 0 Å². The second-order valence-electron chi connectivity index (χ2n) is 6.38. The zero-order valence-corrected chi connectivity index (χ0v) is 14.9. The van der Waals surface area contributed by atoms with E-state index in [1.807, 2.05) is 33.8 Å². The van der Waals surface area contributed by atoms with Crippen LogP contribution in [0, 0.1) is 6.92 Å². The lowest BCUT2D eigenvalue weighted by molar-refractivity contribution is -0.123. The average Bonchev–Trinajstić information content (AvgIpc) is 2.42. The van der Waals surface area contributed by atoms with E-state index in [2.05, 4.69) is 21.5 Å². The molecule has 0 aromatic heterocycles. The number of aryl methyl sites for hydroxylation is 1. The van der Waals surface area contributed by atoms with Gasteiger partial charge in [0.25, 0.3) is 11.8 Å². The molecule has 126 valence electrons. The van der Waals surface area contributed by atoms with Gasteiger partial charge in [0, 0.05) is 11.1 Å². The molecule has 0 saturated carbocycles. The van der Waals surface area contributed by atoms with Crippen molar-refractivity contribution in [3.63, 3.8) is 0 Å². The molecule has 0 radical (unpaired) electrons. The summed E-state index contributed by atoms with van der Waals surface area (Å²) in [6.45, 7) is 9.36. The maximum Gasteiger partial charge on any atom is 0.260 e. The average molecular weight is 336 g/mol. The van der Waals surface area contributed by atoms with Crippen molar-refractivity contribution in [3.05, 3.63) is 35.4 Å². The molecule has 6 nitrogen and oxygen atoms in total. The zero-order valence-electron chi connectivity index (χ0n) is 14.1. The molecule has 2 amide bonds. The highest BCUT2D eigenvalue weighted by atomic mass is 32.1. The lowest BCUT2D eigenvalue weighted by atomic mass is 10.1. The minimum Gasteiger partial charge on any atom is -0.357 e. The van der Waals surface area contributed by atoms with Crippen LogP contribution in [-0.2, 0) is 4.79 Å². The van der Waals surface area contributed by atoms with E-state index in [0.29, 0.717) is 10.7 Å². The molecular weight excluding hydrogens is 312 g/mol. The summed E-state index contributed by atoms with van der Waals surface area (Å²) in [5.74, 6) is -0.684. The number of hydrogen-bond donors (Lipinski definition) is 4. The Morgan fingerprint density at radius 2 is 1.83 bits per heavy atom. The van der Waals surface area contributed by atoms with Crippen molar-refractivity contribution in [3.8, 4) is 0 Å². The van der Waals surface area contributed by atoms with E-state index in [1.165, 1.54) is 0 Å². The third kappa shape index (κ3) is 7.10. The first kappa shape index (κ1) is 18.9. The van der Waals surface area contributed by atoms with Gasteiger partial charge < -0.3 is 10.6 Å². The third-order valence-corrected chi connectivity index (χ3v) is 3.01. The zero-order chi connectivity index (χ0) is 17.6. The van der Waals surface area contributed by atoms with Gasteiger partial charge in [-0.3, -0.25) is 20.4 Å². The quantitative estimate of drug-likeness (QED) is 0.496. The molecule has 0 fully saturated rings. The van der Waals surface area contributed by atoms with Crippen LogP contribution in [0.3, 0.4) is 0 Å². The molecule has 0 heterocycles. The van der Waals surface area contributed by atoms with Gasteiger partial charge in [-0.05, 0) is 59.0 Å². The molecule has 23 heavy (non-hydrogen) atoms. The molecule has 4 N–H and O–H groups in total. The number of benzene rings is 1. The number of hydrogen-bond acceptors (Lipinski definition) is 3. The van der Waals surface area contributed by atoms with Gasteiger partial charge in [0.05, 0.1) is 0 Å².